The lowest BCUT2D eigenvalue weighted by Gasteiger charge is -2.36. The second-order valence-electron chi connectivity index (χ2n) is 6.60. The van der Waals surface area contributed by atoms with E-state index in [2.05, 4.69) is 34.5 Å². The predicted molar refractivity (Wildman–Crippen MR) is 91.3 cm³/mol. The Morgan fingerprint density at radius 3 is 2.70 bits per heavy atom. The molecule has 2 atom stereocenters. The van der Waals surface area contributed by atoms with Crippen LogP contribution in [0.1, 0.15) is 25.7 Å². The first-order valence-corrected chi connectivity index (χ1v) is 8.68. The van der Waals surface area contributed by atoms with Gasteiger partial charge in [0.1, 0.15) is 0 Å². The van der Waals surface area contributed by atoms with Crippen LogP contribution < -0.4 is 16.0 Å². The minimum atomic E-state index is -0.411. The topological polar surface area (TPSA) is 67.6 Å². The van der Waals surface area contributed by atoms with E-state index in [1.54, 1.807) is 0 Å². The molecule has 0 aliphatic carbocycles. The normalized spacial score (nSPS) is 24.2. The molecule has 2 heterocycles. The number of amides is 1. The Hall–Kier alpha value is -1.59. The number of carbonyl (C=O) groups is 1. The Kier molecular flexibility index (Phi) is 5.51. The maximum atomic E-state index is 12.5. The number of nitrogens with one attached hydrogen (secondary N) is 1. The molecule has 2 aliphatic heterocycles. The van der Waals surface area contributed by atoms with E-state index < -0.39 is 6.04 Å². The molecular weight excluding hydrogens is 290 g/mol. The minimum absolute atomic E-state index is 0.00295. The maximum Gasteiger partial charge on any atom is 0.237 e. The molecule has 23 heavy (non-hydrogen) atoms. The fourth-order valence-electron chi connectivity index (χ4n) is 3.55. The first kappa shape index (κ1) is 16.3. The average molecular weight is 317 g/mol. The molecule has 2 unspecified atom stereocenters. The lowest BCUT2D eigenvalue weighted by molar-refractivity contribution is -0.125. The quantitative estimate of drug-likeness (QED) is 0.884. The predicted octanol–water partition coefficient (Wildman–Crippen LogP) is 1.53. The van der Waals surface area contributed by atoms with Crippen LogP contribution in [0.4, 0.5) is 5.69 Å². The molecule has 1 amide bonds. The second-order valence-corrected chi connectivity index (χ2v) is 6.60. The number of ether oxygens (including phenoxy) is 1. The smallest absolute Gasteiger partial charge is 0.237 e. The zero-order valence-corrected chi connectivity index (χ0v) is 13.6. The fraction of sp³-hybridized carbons (Fsp3) is 0.611. The molecule has 0 bridgehead atoms. The second kappa shape index (κ2) is 7.79. The van der Waals surface area contributed by atoms with Crippen molar-refractivity contribution in [1.29, 1.82) is 0 Å². The van der Waals surface area contributed by atoms with Crippen LogP contribution in [0.5, 0.6) is 0 Å². The van der Waals surface area contributed by atoms with E-state index in [1.807, 2.05) is 6.07 Å². The van der Waals surface area contributed by atoms with Crippen LogP contribution in [0.2, 0.25) is 0 Å². The van der Waals surface area contributed by atoms with Crippen molar-refractivity contribution >= 4 is 11.6 Å². The van der Waals surface area contributed by atoms with Gasteiger partial charge in [-0.15, -0.1) is 0 Å². The number of rotatable bonds is 4. The highest BCUT2D eigenvalue weighted by Gasteiger charge is 2.29. The molecule has 126 valence electrons. The van der Waals surface area contributed by atoms with E-state index in [0.717, 1.165) is 52.0 Å². The molecule has 5 nitrogen and oxygen atoms in total. The summed E-state index contributed by atoms with van der Waals surface area (Å²) in [6, 6.07) is 10.2. The van der Waals surface area contributed by atoms with Crippen molar-refractivity contribution in [2.75, 3.05) is 31.2 Å². The molecule has 2 fully saturated rings. The number of benzene rings is 1. The molecule has 2 aliphatic rings. The van der Waals surface area contributed by atoms with Gasteiger partial charge < -0.3 is 20.7 Å². The molecule has 5 heteroatoms. The third-order valence-electron chi connectivity index (χ3n) is 4.97. The summed E-state index contributed by atoms with van der Waals surface area (Å²) < 4.78 is 5.35. The van der Waals surface area contributed by atoms with Crippen LogP contribution in [-0.2, 0) is 9.53 Å². The molecule has 0 spiro atoms. The van der Waals surface area contributed by atoms with Crippen molar-refractivity contribution in [3.8, 4) is 0 Å². The highest BCUT2D eigenvalue weighted by Crippen LogP contribution is 2.21. The first-order valence-electron chi connectivity index (χ1n) is 8.68. The molecule has 3 rings (SSSR count). The molecule has 3 N–H and O–H groups in total. The number of hydrogen-bond donors (Lipinski definition) is 2. The van der Waals surface area contributed by atoms with Crippen LogP contribution in [0, 0.1) is 5.92 Å². The number of para-hydroxylation sites is 1. The summed E-state index contributed by atoms with van der Waals surface area (Å²) in [5.41, 5.74) is 7.40. The lowest BCUT2D eigenvalue weighted by atomic mass is 9.91. The van der Waals surface area contributed by atoms with Gasteiger partial charge in [0.05, 0.1) is 6.04 Å². The minimum Gasteiger partial charge on any atom is -0.381 e. The first-order chi connectivity index (χ1) is 11.2. The number of piperidine rings is 1. The van der Waals surface area contributed by atoms with Crippen LogP contribution >= 0.6 is 0 Å². The lowest BCUT2D eigenvalue weighted by Crippen LogP contribution is -2.54. The Labute approximate surface area is 138 Å². The summed E-state index contributed by atoms with van der Waals surface area (Å²) in [6.07, 6.45) is 3.88. The Morgan fingerprint density at radius 1 is 1.22 bits per heavy atom. The average Bonchev–Trinajstić information content (AvgIpc) is 2.63. The van der Waals surface area contributed by atoms with Crippen LogP contribution in [0.3, 0.4) is 0 Å². The van der Waals surface area contributed by atoms with E-state index >= 15 is 0 Å². The van der Waals surface area contributed by atoms with Gasteiger partial charge in [-0.05, 0) is 43.7 Å². The van der Waals surface area contributed by atoms with Crippen molar-refractivity contribution in [1.82, 2.24) is 5.32 Å². The van der Waals surface area contributed by atoms with Gasteiger partial charge >= 0.3 is 0 Å². The summed E-state index contributed by atoms with van der Waals surface area (Å²) in [7, 11) is 0. The van der Waals surface area contributed by atoms with Crippen molar-refractivity contribution < 1.29 is 9.53 Å². The monoisotopic (exact) mass is 317 g/mol. The maximum absolute atomic E-state index is 12.5. The number of nitrogens with zero attached hydrogens (tertiary/aromatic N) is 1. The van der Waals surface area contributed by atoms with Crippen molar-refractivity contribution in [2.24, 2.45) is 11.7 Å². The highest BCUT2D eigenvalue weighted by atomic mass is 16.5. The van der Waals surface area contributed by atoms with Gasteiger partial charge in [0.2, 0.25) is 5.91 Å². The van der Waals surface area contributed by atoms with Gasteiger partial charge in [0.15, 0.2) is 0 Å². The summed E-state index contributed by atoms with van der Waals surface area (Å²) >= 11 is 0. The van der Waals surface area contributed by atoms with Gasteiger partial charge in [-0.1, -0.05) is 18.2 Å². The molecule has 0 saturated carbocycles. The van der Waals surface area contributed by atoms with E-state index in [-0.39, 0.29) is 17.9 Å². The van der Waals surface area contributed by atoms with E-state index in [9.17, 15) is 4.79 Å². The SMILES string of the molecule is NC(C(=O)NC1CCCN(c2ccccc2)C1)C1CCOCC1. The molecule has 0 aromatic heterocycles. The number of carbonyl (C=O) groups excluding carboxylic acids is 1. The van der Waals surface area contributed by atoms with E-state index in [0.29, 0.717) is 0 Å². The standard InChI is InChI=1S/C18H27N3O2/c19-17(14-8-11-23-12-9-14)18(22)20-15-5-4-10-21(13-15)16-6-2-1-3-7-16/h1-3,6-7,14-15,17H,4-5,8-13,19H2,(H,20,22). The molecule has 2 saturated heterocycles. The Bertz CT molecular complexity index is 502. The third kappa shape index (κ3) is 4.24. The summed E-state index contributed by atoms with van der Waals surface area (Å²) in [5, 5.41) is 3.17. The molecule has 1 aromatic carbocycles. The van der Waals surface area contributed by atoms with Crippen molar-refractivity contribution in [3.05, 3.63) is 30.3 Å². The highest BCUT2D eigenvalue weighted by molar-refractivity contribution is 5.82. The zero-order valence-electron chi connectivity index (χ0n) is 13.6. The molecule has 0 radical (unpaired) electrons. The summed E-state index contributed by atoms with van der Waals surface area (Å²) in [6.45, 7) is 3.34. The number of nitrogens with two attached hydrogens (primary N) is 1. The third-order valence-corrected chi connectivity index (χ3v) is 4.97. The van der Waals surface area contributed by atoms with Gasteiger partial charge in [-0.25, -0.2) is 0 Å². The summed E-state index contributed by atoms with van der Waals surface area (Å²) in [5.74, 6) is 0.245. The van der Waals surface area contributed by atoms with Gasteiger partial charge in [-0.2, -0.15) is 0 Å². The molecular formula is C18H27N3O2. The van der Waals surface area contributed by atoms with Crippen LogP contribution in [0.15, 0.2) is 30.3 Å². The van der Waals surface area contributed by atoms with E-state index in [4.69, 9.17) is 10.5 Å². The summed E-state index contributed by atoms with van der Waals surface area (Å²) in [4.78, 5) is 14.8. The number of hydrogen-bond acceptors (Lipinski definition) is 4. The fourth-order valence-corrected chi connectivity index (χ4v) is 3.55. The van der Waals surface area contributed by atoms with Crippen LogP contribution in [0.25, 0.3) is 0 Å². The van der Waals surface area contributed by atoms with Gasteiger partial charge in [0, 0.05) is 38.0 Å². The Morgan fingerprint density at radius 2 is 1.96 bits per heavy atom. The van der Waals surface area contributed by atoms with Gasteiger partial charge in [-0.3, -0.25) is 4.79 Å². The Balaban J connectivity index is 1.53. The van der Waals surface area contributed by atoms with Crippen molar-refractivity contribution in [3.63, 3.8) is 0 Å². The number of anilines is 1. The zero-order chi connectivity index (χ0) is 16.1. The largest absolute Gasteiger partial charge is 0.381 e. The molecule has 1 aromatic rings. The van der Waals surface area contributed by atoms with Gasteiger partial charge in [0.25, 0.3) is 0 Å². The van der Waals surface area contributed by atoms with E-state index in [1.165, 1.54) is 5.69 Å². The van der Waals surface area contributed by atoms with Crippen molar-refractivity contribution in [2.45, 2.75) is 37.8 Å². The van der Waals surface area contributed by atoms with Crippen LogP contribution in [-0.4, -0.2) is 44.3 Å².